The van der Waals surface area contributed by atoms with Crippen molar-refractivity contribution in [2.45, 2.75) is 112 Å². The minimum Gasteiger partial charge on any atom is -0.357 e. The number of imide groups is 1. The summed E-state index contributed by atoms with van der Waals surface area (Å²) in [7, 11) is -13.2. The Balaban J connectivity index is 1.43. The molecule has 2 atom stereocenters. The summed E-state index contributed by atoms with van der Waals surface area (Å²) < 4.78 is 100. The Bertz CT molecular complexity index is 2490. The van der Waals surface area contributed by atoms with Crippen molar-refractivity contribution < 1.29 is 58.1 Å². The minimum atomic E-state index is -4.59. The van der Waals surface area contributed by atoms with Gasteiger partial charge in [0, 0.05) is 35.8 Å². The van der Waals surface area contributed by atoms with Crippen LogP contribution in [0.25, 0.3) is 0 Å². The van der Waals surface area contributed by atoms with Crippen molar-refractivity contribution in [3.63, 3.8) is 0 Å². The van der Waals surface area contributed by atoms with Gasteiger partial charge in [0.05, 0.1) is 26.3 Å². The highest BCUT2D eigenvalue weighted by molar-refractivity contribution is 7.86. The first-order valence-corrected chi connectivity index (χ1v) is 24.3. The number of unbranched alkanes of at least 4 members (excludes halogenated alkanes) is 3. The van der Waals surface area contributed by atoms with Crippen molar-refractivity contribution in [2.24, 2.45) is 5.92 Å². The number of anilines is 1. The fraction of sp³-hybridized carbons (Fsp3) is 0.439. The molecule has 60 heavy (non-hydrogen) atoms. The Hall–Kier alpha value is -4.17. The topological polar surface area (TPSA) is 239 Å². The van der Waals surface area contributed by atoms with Gasteiger partial charge in [-0.2, -0.15) is 25.3 Å². The highest BCUT2D eigenvalue weighted by Crippen LogP contribution is 2.48. The average molecular weight is 909 g/mol. The maximum atomic E-state index is 12.5. The number of carbonyl (C=O) groups is 3. The molecule has 19 heteroatoms. The number of hydrogen-bond acceptors (Lipinski definition) is 11. The number of nitrogens with zero attached hydrogens (tertiary/aromatic N) is 1. The maximum Gasteiger partial charge on any atom is 0.333 e. The normalized spacial score (nSPS) is 21.3. The van der Waals surface area contributed by atoms with Crippen LogP contribution in [0.2, 0.25) is 5.02 Å². The van der Waals surface area contributed by atoms with Crippen LogP contribution in [0, 0.1) is 5.92 Å². The average Bonchev–Trinajstić information content (AvgIpc) is 3.55. The first-order valence-electron chi connectivity index (χ1n) is 19.4. The summed E-state index contributed by atoms with van der Waals surface area (Å²) in [6.45, 7) is 5.72. The molecule has 1 saturated heterocycles. The standard InChI is InChI=1S/C41H49ClN2O13S3/c1-40(2)33-25-31(60(54,55)56)26-34(42)39(33)43-35(40)14-7-4-6-13-29-23-27(12-9-11-21-58(48,49)50)22-28-16-17-30(59(51,52)53)24-32(28)41(29,3)20-10-5-8-15-38(47)57-44-36(45)18-19-37(44)46/h4,6-7,13-14,16-17,23-27,43H,5,8-12,15,18-22H2,1-3H3,(H,48,49,50)(H,51,52,53)(H,54,55,56)/b7-4+,13-6+,35-14+. The number of nitrogens with one attached hydrogen (secondary N) is 1. The molecule has 0 bridgehead atoms. The smallest absolute Gasteiger partial charge is 0.333 e. The van der Waals surface area contributed by atoms with Crippen molar-refractivity contribution in [3.8, 4) is 0 Å². The number of benzene rings is 2. The molecule has 2 aromatic rings. The molecule has 5 rings (SSSR count). The molecule has 2 amide bonds. The zero-order chi connectivity index (χ0) is 44.3. The lowest BCUT2D eigenvalue weighted by Crippen LogP contribution is -2.31. The Morgan fingerprint density at radius 2 is 1.53 bits per heavy atom. The van der Waals surface area contributed by atoms with Crippen molar-refractivity contribution >= 4 is 65.4 Å². The van der Waals surface area contributed by atoms with Gasteiger partial charge >= 0.3 is 5.97 Å². The molecule has 1 aliphatic carbocycles. The number of hydroxylamine groups is 2. The number of amides is 2. The van der Waals surface area contributed by atoms with E-state index in [9.17, 15) is 53.3 Å². The van der Waals surface area contributed by atoms with Gasteiger partial charge in [-0.05, 0) is 90.6 Å². The van der Waals surface area contributed by atoms with Crippen molar-refractivity contribution in [3.05, 3.63) is 99.8 Å². The molecule has 2 aliphatic heterocycles. The molecule has 4 N–H and O–H groups in total. The zero-order valence-electron chi connectivity index (χ0n) is 33.4. The van der Waals surface area contributed by atoms with Crippen LogP contribution in [0.1, 0.15) is 102 Å². The second-order valence-electron chi connectivity index (χ2n) is 16.0. The number of fused-ring (bicyclic) bond motifs is 2. The van der Waals surface area contributed by atoms with Gasteiger partial charge in [0.25, 0.3) is 42.2 Å². The van der Waals surface area contributed by atoms with Crippen LogP contribution < -0.4 is 5.32 Å². The van der Waals surface area contributed by atoms with E-state index >= 15 is 0 Å². The third kappa shape index (κ3) is 11.4. The molecule has 0 spiro atoms. The van der Waals surface area contributed by atoms with Gasteiger partial charge in [-0.1, -0.05) is 88.1 Å². The molecule has 326 valence electrons. The molecular weight excluding hydrogens is 860 g/mol. The summed E-state index contributed by atoms with van der Waals surface area (Å²) >= 11 is 6.40. The number of rotatable bonds is 17. The molecule has 15 nitrogen and oxygen atoms in total. The third-order valence-corrected chi connectivity index (χ3v) is 14.0. The summed E-state index contributed by atoms with van der Waals surface area (Å²) in [6, 6.07) is 7.04. The molecule has 0 radical (unpaired) electrons. The lowest BCUT2D eigenvalue weighted by molar-refractivity contribution is -0.197. The molecule has 1 fully saturated rings. The van der Waals surface area contributed by atoms with Gasteiger partial charge in [0.15, 0.2) is 0 Å². The molecule has 0 aromatic heterocycles. The van der Waals surface area contributed by atoms with E-state index in [1.165, 1.54) is 24.3 Å². The molecular formula is C41H49ClN2O13S3. The summed E-state index contributed by atoms with van der Waals surface area (Å²) in [5.41, 5.74) is 2.56. The first-order chi connectivity index (χ1) is 27.9. The van der Waals surface area contributed by atoms with Crippen molar-refractivity contribution in [1.29, 1.82) is 0 Å². The van der Waals surface area contributed by atoms with E-state index in [2.05, 4.69) is 11.4 Å². The molecule has 3 aliphatic rings. The third-order valence-electron chi connectivity index (χ3n) is 11.2. The Morgan fingerprint density at radius 1 is 0.867 bits per heavy atom. The Labute approximate surface area is 355 Å². The summed E-state index contributed by atoms with van der Waals surface area (Å²) in [5.74, 6) is -2.36. The van der Waals surface area contributed by atoms with Crippen LogP contribution in [0.4, 0.5) is 5.69 Å². The maximum absolute atomic E-state index is 12.5. The van der Waals surface area contributed by atoms with E-state index < -0.39 is 59.0 Å². The van der Waals surface area contributed by atoms with E-state index in [1.807, 2.05) is 32.9 Å². The van der Waals surface area contributed by atoms with Crippen LogP contribution in [0.3, 0.4) is 0 Å². The van der Waals surface area contributed by atoms with Crippen LogP contribution in [-0.2, 0) is 66.8 Å². The van der Waals surface area contributed by atoms with Gasteiger partial charge in [-0.25, -0.2) is 4.79 Å². The lowest BCUT2D eigenvalue weighted by atomic mass is 9.71. The second kappa shape index (κ2) is 18.4. The fourth-order valence-corrected chi connectivity index (χ4v) is 9.82. The molecule has 2 heterocycles. The van der Waals surface area contributed by atoms with Crippen molar-refractivity contribution in [1.82, 2.24) is 5.06 Å². The number of carbonyl (C=O) groups excluding carboxylic acids is 3. The minimum absolute atomic E-state index is 0.0170. The quantitative estimate of drug-likeness (QED) is 0.0531. The summed E-state index contributed by atoms with van der Waals surface area (Å²) in [6.07, 6.45) is 14.7. The highest BCUT2D eigenvalue weighted by Gasteiger charge is 2.38. The lowest BCUT2D eigenvalue weighted by Gasteiger charge is -2.33. The first kappa shape index (κ1) is 46.9. The predicted octanol–water partition coefficient (Wildman–Crippen LogP) is 7.21. The van der Waals surface area contributed by atoms with E-state index in [0.29, 0.717) is 72.5 Å². The molecule has 2 aromatic carbocycles. The van der Waals surface area contributed by atoms with E-state index in [0.717, 1.165) is 11.1 Å². The van der Waals surface area contributed by atoms with Crippen LogP contribution in [-0.4, -0.2) is 67.5 Å². The Kier molecular flexibility index (Phi) is 14.4. The van der Waals surface area contributed by atoms with E-state index in [1.54, 1.807) is 24.3 Å². The van der Waals surface area contributed by atoms with Gasteiger partial charge in [0.1, 0.15) is 0 Å². The second-order valence-corrected chi connectivity index (χ2v) is 20.8. The largest absolute Gasteiger partial charge is 0.357 e. The SMILES string of the molecule is CC1(CCCCCC(=O)ON2C(=O)CCC2=O)C(/C=C/C=C/C=C2/Nc3c(Cl)cc(S(=O)(=O)O)cc3C2(C)C)=CC(CCCCS(=O)(=O)O)Cc2ccc(S(=O)(=O)O)cc21. The van der Waals surface area contributed by atoms with Crippen LogP contribution in [0.5, 0.6) is 0 Å². The molecule has 2 unspecified atom stereocenters. The van der Waals surface area contributed by atoms with Gasteiger partial charge in [0.2, 0.25) is 0 Å². The Morgan fingerprint density at radius 3 is 2.18 bits per heavy atom. The van der Waals surface area contributed by atoms with Crippen molar-refractivity contribution in [2.75, 3.05) is 11.1 Å². The molecule has 0 saturated carbocycles. The van der Waals surface area contributed by atoms with Gasteiger partial charge < -0.3 is 10.2 Å². The summed E-state index contributed by atoms with van der Waals surface area (Å²) in [4.78, 5) is 40.6. The van der Waals surface area contributed by atoms with E-state index in [-0.39, 0.29) is 52.2 Å². The number of allylic oxidation sites excluding steroid dienone is 8. The highest BCUT2D eigenvalue weighted by atomic mass is 35.5. The van der Waals surface area contributed by atoms with Gasteiger partial charge in [-0.3, -0.25) is 23.2 Å². The summed E-state index contributed by atoms with van der Waals surface area (Å²) in [5, 5.41) is 3.88. The van der Waals surface area contributed by atoms with Crippen LogP contribution in [0.15, 0.2) is 87.8 Å². The predicted molar refractivity (Wildman–Crippen MR) is 224 cm³/mol. The number of halogens is 1. The zero-order valence-corrected chi connectivity index (χ0v) is 36.6. The van der Waals surface area contributed by atoms with Crippen LogP contribution >= 0.6 is 11.6 Å². The number of hydrogen-bond donors (Lipinski definition) is 4. The van der Waals surface area contributed by atoms with Gasteiger partial charge in [-0.15, -0.1) is 5.06 Å². The monoisotopic (exact) mass is 908 g/mol. The van der Waals surface area contributed by atoms with E-state index in [4.69, 9.17) is 16.4 Å². The fourth-order valence-electron chi connectivity index (χ4n) is 7.88.